The number of thioether (sulfide) groups is 1. The minimum Gasteiger partial charge on any atom is -0.270 e. The number of hydrogen-bond donors (Lipinski definition) is 0. The molecule has 0 aliphatic heterocycles. The number of nitro benzene ring substituents is 1. The van der Waals surface area contributed by atoms with Crippen LogP contribution in [0.1, 0.15) is 5.56 Å². The lowest BCUT2D eigenvalue weighted by Crippen LogP contribution is -1.99. The van der Waals surface area contributed by atoms with Crippen molar-refractivity contribution in [3.8, 4) is 17.1 Å². The van der Waals surface area contributed by atoms with Crippen molar-refractivity contribution in [2.75, 3.05) is 0 Å². The zero-order valence-electron chi connectivity index (χ0n) is 15.1. The van der Waals surface area contributed by atoms with Crippen molar-refractivity contribution in [3.05, 3.63) is 99.6 Å². The van der Waals surface area contributed by atoms with Gasteiger partial charge in [0.1, 0.15) is 0 Å². The second kappa shape index (κ2) is 8.46. The third-order valence-corrected chi connectivity index (χ3v) is 5.49. The van der Waals surface area contributed by atoms with E-state index in [1.807, 2.05) is 65.2 Å². The Bertz CT molecular complexity index is 1150. The van der Waals surface area contributed by atoms with Crippen LogP contribution in [0.5, 0.6) is 0 Å². The Morgan fingerprint density at radius 1 is 0.966 bits per heavy atom. The van der Waals surface area contributed by atoms with Gasteiger partial charge in [-0.1, -0.05) is 65.8 Å². The quantitative estimate of drug-likeness (QED) is 0.223. The van der Waals surface area contributed by atoms with Crippen LogP contribution >= 0.6 is 23.4 Å². The summed E-state index contributed by atoms with van der Waals surface area (Å²) in [6, 6.07) is 23.9. The van der Waals surface area contributed by atoms with Gasteiger partial charge in [-0.2, -0.15) is 0 Å². The number of benzene rings is 3. The first-order valence-electron chi connectivity index (χ1n) is 8.75. The van der Waals surface area contributed by atoms with Crippen LogP contribution in [0.4, 0.5) is 5.69 Å². The summed E-state index contributed by atoms with van der Waals surface area (Å²) >= 11 is 7.52. The van der Waals surface area contributed by atoms with E-state index in [9.17, 15) is 10.1 Å². The Balaban J connectivity index is 1.70. The Hall–Kier alpha value is -3.16. The third-order valence-electron chi connectivity index (χ3n) is 4.24. The van der Waals surface area contributed by atoms with Crippen molar-refractivity contribution in [3.63, 3.8) is 0 Å². The molecule has 1 aromatic heterocycles. The van der Waals surface area contributed by atoms with Gasteiger partial charge in [-0.3, -0.25) is 14.7 Å². The molecule has 6 nitrogen and oxygen atoms in total. The molecule has 0 fully saturated rings. The standard InChI is InChI=1S/C21H15ClN4O2S/c22-17-9-11-18(12-10-17)25-20(16-6-2-1-3-7-16)23-24-21(25)29-14-15-5-4-8-19(13-15)26(27)28/h1-13H,14H2. The number of nitrogens with zero attached hydrogens (tertiary/aromatic N) is 4. The van der Waals surface area contributed by atoms with E-state index < -0.39 is 4.92 Å². The van der Waals surface area contributed by atoms with Gasteiger partial charge in [0, 0.05) is 34.2 Å². The maximum absolute atomic E-state index is 11.0. The zero-order chi connectivity index (χ0) is 20.2. The lowest BCUT2D eigenvalue weighted by atomic mass is 10.2. The highest BCUT2D eigenvalue weighted by Gasteiger charge is 2.16. The first kappa shape index (κ1) is 19.2. The molecule has 3 aromatic carbocycles. The van der Waals surface area contributed by atoms with Crippen LogP contribution in [0, 0.1) is 10.1 Å². The summed E-state index contributed by atoms with van der Waals surface area (Å²) in [5, 5.41) is 21.1. The number of non-ortho nitro benzene ring substituents is 1. The van der Waals surface area contributed by atoms with Gasteiger partial charge in [0.2, 0.25) is 0 Å². The molecule has 0 unspecified atom stereocenters. The van der Waals surface area contributed by atoms with Crippen LogP contribution in [0.25, 0.3) is 17.1 Å². The molecule has 0 saturated heterocycles. The van der Waals surface area contributed by atoms with Gasteiger partial charge in [0.05, 0.1) is 4.92 Å². The molecule has 0 amide bonds. The molecule has 29 heavy (non-hydrogen) atoms. The molecule has 0 bridgehead atoms. The lowest BCUT2D eigenvalue weighted by molar-refractivity contribution is -0.384. The molecule has 1 heterocycles. The molecule has 0 radical (unpaired) electrons. The smallest absolute Gasteiger partial charge is 0.269 e. The Kier molecular flexibility index (Phi) is 5.59. The van der Waals surface area contributed by atoms with E-state index in [1.54, 1.807) is 12.1 Å². The highest BCUT2D eigenvalue weighted by Crippen LogP contribution is 2.30. The fraction of sp³-hybridized carbons (Fsp3) is 0.0476. The van der Waals surface area contributed by atoms with E-state index in [0.717, 1.165) is 22.6 Å². The predicted molar refractivity (Wildman–Crippen MR) is 114 cm³/mol. The number of halogens is 1. The minimum absolute atomic E-state index is 0.0762. The van der Waals surface area contributed by atoms with E-state index >= 15 is 0 Å². The van der Waals surface area contributed by atoms with Gasteiger partial charge in [-0.05, 0) is 29.8 Å². The van der Waals surface area contributed by atoms with Gasteiger partial charge < -0.3 is 0 Å². The van der Waals surface area contributed by atoms with Gasteiger partial charge >= 0.3 is 0 Å². The fourth-order valence-corrected chi connectivity index (χ4v) is 3.89. The van der Waals surface area contributed by atoms with Crippen LogP contribution in [0.15, 0.2) is 84.0 Å². The van der Waals surface area contributed by atoms with Crippen molar-refractivity contribution >= 4 is 29.1 Å². The second-order valence-electron chi connectivity index (χ2n) is 6.20. The van der Waals surface area contributed by atoms with E-state index in [0.29, 0.717) is 15.9 Å². The molecular weight excluding hydrogens is 408 g/mol. The van der Waals surface area contributed by atoms with Crippen molar-refractivity contribution < 1.29 is 4.92 Å². The number of rotatable bonds is 6. The van der Waals surface area contributed by atoms with Crippen LogP contribution < -0.4 is 0 Å². The summed E-state index contributed by atoms with van der Waals surface area (Å²) in [6.07, 6.45) is 0. The Morgan fingerprint density at radius 3 is 2.45 bits per heavy atom. The maximum atomic E-state index is 11.0. The Labute approximate surface area is 176 Å². The second-order valence-corrected chi connectivity index (χ2v) is 7.58. The molecule has 4 rings (SSSR count). The SMILES string of the molecule is O=[N+]([O-])c1cccc(CSc2nnc(-c3ccccc3)n2-c2ccc(Cl)cc2)c1. The normalized spacial score (nSPS) is 10.8. The summed E-state index contributed by atoms with van der Waals surface area (Å²) in [6.45, 7) is 0. The van der Waals surface area contributed by atoms with Gasteiger partial charge in [-0.15, -0.1) is 10.2 Å². The highest BCUT2D eigenvalue weighted by atomic mass is 35.5. The Morgan fingerprint density at radius 2 is 1.72 bits per heavy atom. The topological polar surface area (TPSA) is 73.8 Å². The number of hydrogen-bond acceptors (Lipinski definition) is 5. The largest absolute Gasteiger partial charge is 0.270 e. The zero-order valence-corrected chi connectivity index (χ0v) is 16.7. The van der Waals surface area contributed by atoms with Crippen molar-refractivity contribution in [2.24, 2.45) is 0 Å². The molecule has 4 aromatic rings. The molecule has 0 saturated carbocycles. The van der Waals surface area contributed by atoms with Gasteiger partial charge in [-0.25, -0.2) is 0 Å². The van der Waals surface area contributed by atoms with Crippen LogP contribution in [0.3, 0.4) is 0 Å². The average Bonchev–Trinajstić information content (AvgIpc) is 3.17. The monoisotopic (exact) mass is 422 g/mol. The summed E-state index contributed by atoms with van der Waals surface area (Å²) in [7, 11) is 0. The molecule has 0 spiro atoms. The molecule has 0 aliphatic carbocycles. The van der Waals surface area contributed by atoms with Crippen molar-refractivity contribution in [2.45, 2.75) is 10.9 Å². The third kappa shape index (κ3) is 4.31. The lowest BCUT2D eigenvalue weighted by Gasteiger charge is -2.10. The first-order chi connectivity index (χ1) is 14.1. The molecule has 0 atom stereocenters. The number of nitro groups is 1. The fourth-order valence-electron chi connectivity index (χ4n) is 2.87. The molecular formula is C21H15ClN4O2S. The molecule has 144 valence electrons. The number of aromatic nitrogens is 3. The molecule has 0 aliphatic rings. The predicted octanol–water partition coefficient (Wildman–Crippen LogP) is 5.79. The highest BCUT2D eigenvalue weighted by molar-refractivity contribution is 7.98. The van der Waals surface area contributed by atoms with E-state index in [-0.39, 0.29) is 5.69 Å². The van der Waals surface area contributed by atoms with E-state index in [4.69, 9.17) is 11.6 Å². The van der Waals surface area contributed by atoms with Crippen LogP contribution in [-0.2, 0) is 5.75 Å². The molecule has 0 N–H and O–H groups in total. The van der Waals surface area contributed by atoms with Gasteiger partial charge in [0.25, 0.3) is 5.69 Å². The summed E-state index contributed by atoms with van der Waals surface area (Å²) in [5.74, 6) is 1.25. The van der Waals surface area contributed by atoms with E-state index in [2.05, 4.69) is 10.2 Å². The summed E-state index contributed by atoms with van der Waals surface area (Å²) in [4.78, 5) is 10.6. The van der Waals surface area contributed by atoms with Crippen LogP contribution in [-0.4, -0.2) is 19.7 Å². The maximum Gasteiger partial charge on any atom is 0.269 e. The van der Waals surface area contributed by atoms with Gasteiger partial charge in [0.15, 0.2) is 11.0 Å². The summed E-state index contributed by atoms with van der Waals surface area (Å²) in [5.41, 5.74) is 2.75. The van der Waals surface area contributed by atoms with E-state index in [1.165, 1.54) is 17.8 Å². The first-order valence-corrected chi connectivity index (χ1v) is 10.1. The van der Waals surface area contributed by atoms with Crippen molar-refractivity contribution in [1.82, 2.24) is 14.8 Å². The molecule has 8 heteroatoms. The van der Waals surface area contributed by atoms with Crippen LogP contribution in [0.2, 0.25) is 5.02 Å². The summed E-state index contributed by atoms with van der Waals surface area (Å²) < 4.78 is 1.97. The average molecular weight is 423 g/mol. The van der Waals surface area contributed by atoms with Crippen molar-refractivity contribution in [1.29, 1.82) is 0 Å². The minimum atomic E-state index is -0.391.